The van der Waals surface area contributed by atoms with Crippen LogP contribution >= 0.6 is 10.7 Å². The summed E-state index contributed by atoms with van der Waals surface area (Å²) in [5, 5.41) is 0. The number of carbonyl (C=O) groups excluding carboxylic acids is 1. The Bertz CT molecular complexity index is 511. The number of primary amides is 1. The van der Waals surface area contributed by atoms with Gasteiger partial charge in [-0.15, -0.1) is 4.31 Å². The van der Waals surface area contributed by atoms with E-state index in [4.69, 9.17) is 16.4 Å². The van der Waals surface area contributed by atoms with Gasteiger partial charge in [0.25, 0.3) is 5.95 Å². The molecule has 0 bridgehead atoms. The van der Waals surface area contributed by atoms with E-state index < -0.39 is 21.2 Å². The monoisotopic (exact) mass is 265 g/mol. The van der Waals surface area contributed by atoms with Crippen molar-refractivity contribution in [2.45, 2.75) is 13.8 Å². The Hall–Kier alpha value is -1.48. The molecule has 88 valence electrons. The van der Waals surface area contributed by atoms with Gasteiger partial charge in [-0.05, 0) is 13.8 Å². The van der Waals surface area contributed by atoms with Crippen LogP contribution in [0.2, 0.25) is 0 Å². The molecule has 1 aromatic rings. The molecule has 2 N–H and O–H groups in total. The molecule has 0 radical (unpaired) electrons. The molecule has 0 saturated heterocycles. The second-order valence-corrected chi connectivity index (χ2v) is 5.13. The topological polar surface area (TPSA) is 119 Å². The van der Waals surface area contributed by atoms with Crippen LogP contribution in [0, 0.1) is 13.8 Å². The Labute approximate surface area is 96.0 Å². The van der Waals surface area contributed by atoms with Crippen LogP contribution in [0.25, 0.3) is 0 Å². The van der Waals surface area contributed by atoms with Gasteiger partial charge >= 0.3 is 15.3 Å². The van der Waals surface area contributed by atoms with Crippen molar-refractivity contribution in [1.29, 1.82) is 0 Å². The molecule has 0 aliphatic heterocycles. The number of nitrogens with zero attached hydrogens (tertiary/aromatic N) is 4. The van der Waals surface area contributed by atoms with Gasteiger partial charge in [-0.1, -0.05) is 0 Å². The van der Waals surface area contributed by atoms with Gasteiger partial charge in [0.15, 0.2) is 0 Å². The molecule has 10 heteroatoms. The van der Waals surface area contributed by atoms with Gasteiger partial charge < -0.3 is 5.73 Å². The summed E-state index contributed by atoms with van der Waals surface area (Å²) in [6.45, 7) is 3.02. The summed E-state index contributed by atoms with van der Waals surface area (Å²) in [5.74, 6) is 0.0654. The van der Waals surface area contributed by atoms with E-state index in [0.717, 1.165) is 0 Å². The second kappa shape index (κ2) is 4.18. The highest BCUT2D eigenvalue weighted by atomic mass is 35.7. The second-order valence-electron chi connectivity index (χ2n) is 2.77. The first-order valence-electron chi connectivity index (χ1n) is 3.95. The van der Waals surface area contributed by atoms with Crippen LogP contribution in [0.4, 0.5) is 10.7 Å². The largest absolute Gasteiger partial charge is 0.350 e. The van der Waals surface area contributed by atoms with E-state index >= 15 is 0 Å². The summed E-state index contributed by atoms with van der Waals surface area (Å²) >= 11 is 0. The van der Waals surface area contributed by atoms with Crippen LogP contribution in [0.5, 0.6) is 0 Å². The van der Waals surface area contributed by atoms with Crippen molar-refractivity contribution in [2.75, 3.05) is 4.31 Å². The number of hydrogen-bond acceptors (Lipinski definition) is 6. The van der Waals surface area contributed by atoms with Crippen molar-refractivity contribution in [1.82, 2.24) is 15.0 Å². The Balaban J connectivity index is 3.38. The lowest BCUT2D eigenvalue weighted by atomic mass is 10.6. The lowest BCUT2D eigenvalue weighted by molar-refractivity contribution is 0.256. The van der Waals surface area contributed by atoms with Crippen molar-refractivity contribution >= 4 is 31.9 Å². The predicted octanol–water partition coefficient (Wildman–Crippen LogP) is -0.143. The van der Waals surface area contributed by atoms with E-state index in [1.54, 1.807) is 0 Å². The number of amides is 2. The first kappa shape index (κ1) is 12.6. The molecule has 2 amide bonds. The van der Waals surface area contributed by atoms with E-state index in [0.29, 0.717) is 0 Å². The fourth-order valence-electron chi connectivity index (χ4n) is 0.993. The molecule has 0 aliphatic carbocycles. The summed E-state index contributed by atoms with van der Waals surface area (Å²) < 4.78 is 22.3. The number of carbonyl (C=O) groups is 1. The molecule has 0 atom stereocenters. The van der Waals surface area contributed by atoms with Gasteiger partial charge in [0.2, 0.25) is 0 Å². The van der Waals surface area contributed by atoms with Gasteiger partial charge in [0.1, 0.15) is 11.6 Å². The van der Waals surface area contributed by atoms with Crippen LogP contribution in [0.15, 0.2) is 0 Å². The van der Waals surface area contributed by atoms with Crippen molar-refractivity contribution < 1.29 is 13.2 Å². The summed E-state index contributed by atoms with van der Waals surface area (Å²) in [6, 6.07) is -1.29. The molecule has 0 aromatic carbocycles. The highest BCUT2D eigenvalue weighted by molar-refractivity contribution is 8.15. The van der Waals surface area contributed by atoms with Crippen LogP contribution in [0.3, 0.4) is 0 Å². The minimum absolute atomic E-state index is 0.0935. The van der Waals surface area contributed by atoms with Gasteiger partial charge in [0, 0.05) is 10.7 Å². The maximum absolute atomic E-state index is 11.1. The maximum atomic E-state index is 11.1. The number of urea groups is 1. The average Bonchev–Trinajstić information content (AvgIpc) is 1.96. The van der Waals surface area contributed by atoms with Crippen molar-refractivity contribution in [3.63, 3.8) is 0 Å². The zero-order valence-corrected chi connectivity index (χ0v) is 9.95. The first-order valence-corrected chi connectivity index (χ1v) is 6.22. The molecule has 0 saturated carbocycles. The maximum Gasteiger partial charge on any atom is 0.336 e. The van der Waals surface area contributed by atoms with Crippen molar-refractivity contribution in [3.05, 3.63) is 11.6 Å². The fourth-order valence-corrected chi connectivity index (χ4v) is 1.87. The van der Waals surface area contributed by atoms with E-state index in [-0.39, 0.29) is 16.0 Å². The molecule has 0 unspecified atom stereocenters. The van der Waals surface area contributed by atoms with Gasteiger partial charge in [-0.25, -0.2) is 9.78 Å². The van der Waals surface area contributed by atoms with E-state index in [2.05, 4.69) is 15.0 Å². The summed E-state index contributed by atoms with van der Waals surface area (Å²) in [5.41, 5.74) is 4.88. The fraction of sp³-hybridized carbons (Fsp3) is 0.333. The molecular formula is C6H8ClN5O3S. The molecule has 1 rings (SSSR count). The van der Waals surface area contributed by atoms with Crippen LogP contribution in [-0.2, 0) is 9.24 Å². The standard InChI is InChI=1S/C6H8ClN5O3S/c1-3-9-4(2)11-6(10-3)12(5(8)13)16(7,14)15/h1-2H3,(H2,8,13). The third kappa shape index (κ3) is 2.76. The lowest BCUT2D eigenvalue weighted by Gasteiger charge is -2.13. The number of hydrogen-bond donors (Lipinski definition) is 1. The molecule has 0 spiro atoms. The number of halogens is 1. The quantitative estimate of drug-likeness (QED) is 0.743. The summed E-state index contributed by atoms with van der Waals surface area (Å²) in [6.07, 6.45) is 0. The van der Waals surface area contributed by atoms with E-state index in [1.807, 2.05) is 0 Å². The van der Waals surface area contributed by atoms with Gasteiger partial charge in [-0.2, -0.15) is 18.4 Å². The number of nitrogens with two attached hydrogens (primary N) is 1. The molecule has 16 heavy (non-hydrogen) atoms. The normalized spacial score (nSPS) is 11.2. The lowest BCUT2D eigenvalue weighted by Crippen LogP contribution is -2.39. The van der Waals surface area contributed by atoms with E-state index in [1.165, 1.54) is 13.8 Å². The average molecular weight is 266 g/mol. The predicted molar refractivity (Wildman–Crippen MR) is 56.1 cm³/mol. The molecular weight excluding hydrogens is 258 g/mol. The zero-order valence-electron chi connectivity index (χ0n) is 8.38. The molecule has 0 aliphatic rings. The minimum Gasteiger partial charge on any atom is -0.350 e. The molecule has 8 nitrogen and oxygen atoms in total. The SMILES string of the molecule is Cc1nc(C)nc(N(C(N)=O)S(=O)(=O)Cl)n1. The smallest absolute Gasteiger partial charge is 0.336 e. The third-order valence-corrected chi connectivity index (χ3v) is 2.64. The highest BCUT2D eigenvalue weighted by Crippen LogP contribution is 2.15. The van der Waals surface area contributed by atoms with Crippen LogP contribution in [0.1, 0.15) is 11.6 Å². The number of aryl methyl sites for hydroxylation is 2. The Morgan fingerprint density at radius 2 is 1.69 bits per heavy atom. The Morgan fingerprint density at radius 1 is 1.25 bits per heavy atom. The van der Waals surface area contributed by atoms with Crippen LogP contribution < -0.4 is 10.0 Å². The molecule has 1 aromatic heterocycles. The molecule has 0 fully saturated rings. The first-order chi connectivity index (χ1) is 7.21. The number of aromatic nitrogens is 3. The third-order valence-electron chi connectivity index (χ3n) is 1.45. The summed E-state index contributed by atoms with van der Waals surface area (Å²) in [7, 11) is 0.658. The Morgan fingerprint density at radius 3 is 2.00 bits per heavy atom. The highest BCUT2D eigenvalue weighted by Gasteiger charge is 2.28. The van der Waals surface area contributed by atoms with Crippen LogP contribution in [-0.4, -0.2) is 29.4 Å². The zero-order chi connectivity index (χ0) is 12.5. The summed E-state index contributed by atoms with van der Waals surface area (Å²) in [4.78, 5) is 22.1. The van der Waals surface area contributed by atoms with Crippen molar-refractivity contribution in [2.24, 2.45) is 5.73 Å². The van der Waals surface area contributed by atoms with Gasteiger partial charge in [0.05, 0.1) is 0 Å². The number of anilines is 1. The van der Waals surface area contributed by atoms with Gasteiger partial charge in [-0.3, -0.25) is 0 Å². The minimum atomic E-state index is -4.37. The van der Waals surface area contributed by atoms with Crippen molar-refractivity contribution in [3.8, 4) is 0 Å². The van der Waals surface area contributed by atoms with E-state index in [9.17, 15) is 13.2 Å². The number of rotatable bonds is 2. The molecule has 1 heterocycles. The Kier molecular flexibility index (Phi) is 3.29.